The molecule has 0 atom stereocenters. The first kappa shape index (κ1) is 24.1. The zero-order valence-electron chi connectivity index (χ0n) is 19.9. The fourth-order valence-electron chi connectivity index (χ4n) is 4.61. The lowest BCUT2D eigenvalue weighted by Gasteiger charge is -2.34. The molecular formula is C27H22Cl2N4O3. The van der Waals surface area contributed by atoms with Crippen LogP contribution in [0, 0.1) is 11.3 Å². The van der Waals surface area contributed by atoms with E-state index < -0.39 is 5.41 Å². The first-order valence-electron chi connectivity index (χ1n) is 11.3. The third-order valence-electron chi connectivity index (χ3n) is 6.92. The summed E-state index contributed by atoms with van der Waals surface area (Å²) in [4.78, 5) is 22.6. The number of rotatable bonds is 5. The summed E-state index contributed by atoms with van der Waals surface area (Å²) >= 11 is 13.1. The Morgan fingerprint density at radius 3 is 2.25 bits per heavy atom. The SMILES string of the molecule is COc1cc(OC)c(Cl)c(-c2cc3cnc(-c4ccc(C5(C#N)CCC5)nc4)cc3n(C)c2=O)c1Cl. The van der Waals surface area contributed by atoms with E-state index in [-0.39, 0.29) is 15.6 Å². The van der Waals surface area contributed by atoms with Crippen molar-refractivity contribution < 1.29 is 9.47 Å². The summed E-state index contributed by atoms with van der Waals surface area (Å²) in [5.41, 5.74) is 2.83. The zero-order valence-corrected chi connectivity index (χ0v) is 21.4. The van der Waals surface area contributed by atoms with E-state index in [0.29, 0.717) is 33.8 Å². The molecule has 0 bridgehead atoms. The Kier molecular flexibility index (Phi) is 6.11. The van der Waals surface area contributed by atoms with Gasteiger partial charge < -0.3 is 14.0 Å². The molecule has 3 aromatic heterocycles. The van der Waals surface area contributed by atoms with Crippen LogP contribution in [-0.2, 0) is 12.5 Å². The molecule has 1 fully saturated rings. The second kappa shape index (κ2) is 9.12. The van der Waals surface area contributed by atoms with Gasteiger partial charge in [0.15, 0.2) is 0 Å². The molecule has 0 saturated heterocycles. The molecule has 0 unspecified atom stereocenters. The van der Waals surface area contributed by atoms with Crippen LogP contribution in [-0.4, -0.2) is 28.8 Å². The second-order valence-corrected chi connectivity index (χ2v) is 9.57. The van der Waals surface area contributed by atoms with Crippen molar-refractivity contribution in [2.24, 2.45) is 7.05 Å². The van der Waals surface area contributed by atoms with Crippen LogP contribution in [0.25, 0.3) is 33.3 Å². The molecule has 7 nitrogen and oxygen atoms in total. The van der Waals surface area contributed by atoms with E-state index in [1.807, 2.05) is 18.2 Å². The van der Waals surface area contributed by atoms with Gasteiger partial charge in [-0.2, -0.15) is 5.26 Å². The molecule has 1 aliphatic rings. The van der Waals surface area contributed by atoms with E-state index in [9.17, 15) is 10.1 Å². The molecule has 4 aromatic rings. The molecule has 1 saturated carbocycles. The fraction of sp³-hybridized carbons (Fsp3) is 0.259. The first-order valence-corrected chi connectivity index (χ1v) is 12.1. The van der Waals surface area contributed by atoms with E-state index in [1.165, 1.54) is 18.8 Å². The average molecular weight is 521 g/mol. The van der Waals surface area contributed by atoms with Crippen LogP contribution in [0.2, 0.25) is 10.0 Å². The van der Waals surface area contributed by atoms with Gasteiger partial charge in [-0.15, -0.1) is 0 Å². The number of benzene rings is 1. The Balaban J connectivity index is 1.61. The molecule has 9 heteroatoms. The Morgan fingerprint density at radius 1 is 1.03 bits per heavy atom. The highest BCUT2D eigenvalue weighted by Crippen LogP contribution is 2.45. The number of fused-ring (bicyclic) bond motifs is 1. The summed E-state index contributed by atoms with van der Waals surface area (Å²) in [5, 5.41) is 10.8. The zero-order chi connectivity index (χ0) is 25.6. The van der Waals surface area contributed by atoms with Gasteiger partial charge in [-0.1, -0.05) is 23.2 Å². The van der Waals surface area contributed by atoms with E-state index in [2.05, 4.69) is 16.0 Å². The summed E-state index contributed by atoms with van der Waals surface area (Å²) in [6.45, 7) is 0. The minimum Gasteiger partial charge on any atom is -0.495 e. The van der Waals surface area contributed by atoms with Gasteiger partial charge in [-0.05, 0) is 43.5 Å². The minimum atomic E-state index is -0.471. The summed E-state index contributed by atoms with van der Waals surface area (Å²) in [6.07, 6.45) is 6.14. The Morgan fingerprint density at radius 2 is 1.72 bits per heavy atom. The largest absolute Gasteiger partial charge is 0.495 e. The molecule has 0 radical (unpaired) electrons. The van der Waals surface area contributed by atoms with Gasteiger partial charge in [0.2, 0.25) is 0 Å². The second-order valence-electron chi connectivity index (χ2n) is 8.81. The molecule has 3 heterocycles. The van der Waals surface area contributed by atoms with Crippen LogP contribution >= 0.6 is 23.2 Å². The molecular weight excluding hydrogens is 499 g/mol. The Labute approximate surface area is 217 Å². The van der Waals surface area contributed by atoms with Crippen molar-refractivity contribution >= 4 is 34.1 Å². The predicted octanol–water partition coefficient (Wildman–Crippen LogP) is 5.93. The van der Waals surface area contributed by atoms with Gasteiger partial charge in [-0.3, -0.25) is 14.8 Å². The standard InChI is InChI=1S/C27H22Cl2N4O3/c1-33-19-10-18(15-5-6-22(32-12-15)27(14-30)7-4-8-27)31-13-16(19)9-17(26(33)34)23-24(28)20(35-2)11-21(36-3)25(23)29/h5-6,9-13H,4,7-8H2,1-3H3. The van der Waals surface area contributed by atoms with Crippen molar-refractivity contribution in [1.82, 2.24) is 14.5 Å². The number of hydrogen-bond donors (Lipinski definition) is 0. The van der Waals surface area contributed by atoms with Crippen LogP contribution in [0.4, 0.5) is 0 Å². The van der Waals surface area contributed by atoms with Crippen molar-refractivity contribution in [3.05, 3.63) is 68.8 Å². The highest BCUT2D eigenvalue weighted by atomic mass is 35.5. The topological polar surface area (TPSA) is 90.0 Å². The van der Waals surface area contributed by atoms with Crippen molar-refractivity contribution in [1.29, 1.82) is 5.26 Å². The van der Waals surface area contributed by atoms with Crippen LogP contribution in [0.1, 0.15) is 25.0 Å². The minimum absolute atomic E-state index is 0.220. The smallest absolute Gasteiger partial charge is 0.258 e. The summed E-state index contributed by atoms with van der Waals surface area (Å²) in [6, 6.07) is 11.4. The number of hydrogen-bond acceptors (Lipinski definition) is 6. The van der Waals surface area contributed by atoms with Crippen molar-refractivity contribution in [3.63, 3.8) is 0 Å². The quantitative estimate of drug-likeness (QED) is 0.323. The summed E-state index contributed by atoms with van der Waals surface area (Å²) in [5.74, 6) is 0.694. The molecule has 5 rings (SSSR count). The number of ether oxygens (including phenoxy) is 2. The summed E-state index contributed by atoms with van der Waals surface area (Å²) in [7, 11) is 4.65. The van der Waals surface area contributed by atoms with Crippen LogP contribution < -0.4 is 15.0 Å². The van der Waals surface area contributed by atoms with Gasteiger partial charge >= 0.3 is 0 Å². The van der Waals surface area contributed by atoms with E-state index in [1.54, 1.807) is 31.6 Å². The highest BCUT2D eigenvalue weighted by Gasteiger charge is 2.40. The maximum Gasteiger partial charge on any atom is 0.258 e. The number of pyridine rings is 3. The summed E-state index contributed by atoms with van der Waals surface area (Å²) < 4.78 is 12.3. The van der Waals surface area contributed by atoms with Crippen LogP contribution in [0.3, 0.4) is 0 Å². The normalized spacial score (nSPS) is 14.2. The molecule has 1 aliphatic carbocycles. The number of aromatic nitrogens is 3. The molecule has 0 aliphatic heterocycles. The third-order valence-corrected chi connectivity index (χ3v) is 7.67. The maximum atomic E-state index is 13.5. The van der Waals surface area contributed by atoms with E-state index >= 15 is 0 Å². The Bertz CT molecular complexity index is 1580. The maximum absolute atomic E-state index is 13.5. The van der Waals surface area contributed by atoms with E-state index in [4.69, 9.17) is 32.7 Å². The number of aryl methyl sites for hydroxylation is 1. The van der Waals surface area contributed by atoms with E-state index in [0.717, 1.165) is 35.9 Å². The number of nitrogens with zero attached hydrogens (tertiary/aromatic N) is 4. The number of nitriles is 1. The first-order chi connectivity index (χ1) is 17.3. The lowest BCUT2D eigenvalue weighted by molar-refractivity contribution is 0.316. The average Bonchev–Trinajstić information content (AvgIpc) is 2.87. The highest BCUT2D eigenvalue weighted by molar-refractivity contribution is 6.41. The molecule has 1 aromatic carbocycles. The van der Waals surface area contributed by atoms with Gasteiger partial charge in [0.05, 0.1) is 58.2 Å². The van der Waals surface area contributed by atoms with Crippen molar-refractivity contribution in [2.45, 2.75) is 24.7 Å². The molecule has 0 N–H and O–H groups in total. The van der Waals surface area contributed by atoms with Gasteiger partial charge in [0.1, 0.15) is 11.5 Å². The van der Waals surface area contributed by atoms with Crippen molar-refractivity contribution in [3.8, 4) is 40.0 Å². The van der Waals surface area contributed by atoms with Gasteiger partial charge in [0.25, 0.3) is 5.56 Å². The van der Waals surface area contributed by atoms with Gasteiger partial charge in [0, 0.05) is 42.0 Å². The molecule has 182 valence electrons. The third kappa shape index (κ3) is 3.69. The van der Waals surface area contributed by atoms with Crippen LogP contribution in [0.5, 0.6) is 11.5 Å². The lowest BCUT2D eigenvalue weighted by Crippen LogP contribution is -2.33. The van der Waals surface area contributed by atoms with Crippen molar-refractivity contribution in [2.75, 3.05) is 14.2 Å². The number of methoxy groups -OCH3 is 2. The van der Waals surface area contributed by atoms with Crippen LogP contribution in [0.15, 0.2) is 47.5 Å². The monoisotopic (exact) mass is 520 g/mol. The van der Waals surface area contributed by atoms with Gasteiger partial charge in [-0.25, -0.2) is 0 Å². The fourth-order valence-corrected chi connectivity index (χ4v) is 5.31. The number of halogens is 2. The molecule has 0 spiro atoms. The molecule has 36 heavy (non-hydrogen) atoms. The molecule has 0 amide bonds. The lowest BCUT2D eigenvalue weighted by atomic mass is 9.67. The predicted molar refractivity (Wildman–Crippen MR) is 140 cm³/mol. The Hall–Kier alpha value is -3.60.